The molecule has 1 N–H and O–H groups in total. The quantitative estimate of drug-likeness (QED) is 0.901. The lowest BCUT2D eigenvalue weighted by atomic mass is 10.2. The smallest absolute Gasteiger partial charge is 0.321 e. The molecule has 2 aromatic rings. The highest BCUT2D eigenvalue weighted by atomic mass is 35.5. The molecule has 5 nitrogen and oxygen atoms in total. The average Bonchev–Trinajstić information content (AvgIpc) is 2.62. The normalized spacial score (nSPS) is 14.4. The van der Waals surface area contributed by atoms with Gasteiger partial charge in [-0.2, -0.15) is 0 Å². The number of hydrogen-bond donors (Lipinski definition) is 1. The maximum Gasteiger partial charge on any atom is 0.321 e. The van der Waals surface area contributed by atoms with Crippen molar-refractivity contribution in [1.29, 1.82) is 0 Å². The van der Waals surface area contributed by atoms with Crippen LogP contribution >= 0.6 is 11.6 Å². The number of halogens is 2. The van der Waals surface area contributed by atoms with E-state index in [9.17, 15) is 9.18 Å². The zero-order valence-corrected chi connectivity index (χ0v) is 14.6. The molecule has 7 heteroatoms. The Hall–Kier alpha value is -2.47. The minimum absolute atomic E-state index is 0.200. The lowest BCUT2D eigenvalue weighted by Gasteiger charge is -2.36. The van der Waals surface area contributed by atoms with E-state index in [0.29, 0.717) is 48.3 Å². The van der Waals surface area contributed by atoms with Crippen molar-refractivity contribution in [2.24, 2.45) is 0 Å². The Morgan fingerprint density at radius 2 is 1.88 bits per heavy atom. The monoisotopic (exact) mass is 363 g/mol. The fourth-order valence-electron chi connectivity index (χ4n) is 2.81. The maximum absolute atomic E-state index is 13.9. The van der Waals surface area contributed by atoms with Gasteiger partial charge in [0, 0.05) is 31.9 Å². The summed E-state index contributed by atoms with van der Waals surface area (Å²) >= 11 is 6.07. The molecule has 25 heavy (non-hydrogen) atoms. The number of para-hydroxylation sites is 1. The third kappa shape index (κ3) is 3.96. The van der Waals surface area contributed by atoms with Gasteiger partial charge >= 0.3 is 6.03 Å². The highest BCUT2D eigenvalue weighted by Crippen LogP contribution is 2.27. The van der Waals surface area contributed by atoms with E-state index in [1.54, 1.807) is 35.2 Å². The number of nitrogens with one attached hydrogen (secondary N) is 1. The van der Waals surface area contributed by atoms with E-state index >= 15 is 0 Å². The molecule has 0 aromatic heterocycles. The molecular weight excluding hydrogens is 345 g/mol. The molecule has 0 spiro atoms. The van der Waals surface area contributed by atoms with Gasteiger partial charge in [0.25, 0.3) is 0 Å². The first-order chi connectivity index (χ1) is 12.1. The van der Waals surface area contributed by atoms with Gasteiger partial charge in [0.2, 0.25) is 0 Å². The van der Waals surface area contributed by atoms with Crippen LogP contribution in [0.5, 0.6) is 5.75 Å². The summed E-state index contributed by atoms with van der Waals surface area (Å²) in [5, 5.41) is 3.26. The Labute approximate surface area is 150 Å². The number of carbonyl (C=O) groups is 1. The number of ether oxygens (including phenoxy) is 1. The Kier molecular flexibility index (Phi) is 5.28. The molecule has 1 aliphatic rings. The summed E-state index contributed by atoms with van der Waals surface area (Å²) in [6, 6.07) is 11.6. The highest BCUT2D eigenvalue weighted by Gasteiger charge is 2.22. The second-order valence-electron chi connectivity index (χ2n) is 5.70. The third-order valence-corrected chi connectivity index (χ3v) is 4.46. The van der Waals surface area contributed by atoms with Crippen molar-refractivity contribution in [2.75, 3.05) is 43.5 Å². The molecule has 2 aromatic carbocycles. The van der Waals surface area contributed by atoms with Crippen LogP contribution in [0.15, 0.2) is 42.5 Å². The van der Waals surface area contributed by atoms with Crippen LogP contribution in [0, 0.1) is 5.82 Å². The summed E-state index contributed by atoms with van der Waals surface area (Å²) in [5.74, 6) is 0.312. The van der Waals surface area contributed by atoms with Gasteiger partial charge in [-0.3, -0.25) is 0 Å². The van der Waals surface area contributed by atoms with Crippen molar-refractivity contribution >= 4 is 29.0 Å². The van der Waals surface area contributed by atoms with Crippen molar-refractivity contribution in [3.63, 3.8) is 0 Å². The molecule has 0 atom stereocenters. The van der Waals surface area contributed by atoms with Crippen molar-refractivity contribution in [3.05, 3.63) is 53.3 Å². The first-order valence-corrected chi connectivity index (χ1v) is 8.35. The third-order valence-electron chi connectivity index (χ3n) is 4.16. The van der Waals surface area contributed by atoms with Crippen molar-refractivity contribution in [2.45, 2.75) is 0 Å². The number of piperazine rings is 1. The first kappa shape index (κ1) is 17.4. The Bertz CT molecular complexity index is 764. The summed E-state index contributed by atoms with van der Waals surface area (Å²) in [7, 11) is 1.54. The Morgan fingerprint density at radius 3 is 2.52 bits per heavy atom. The molecule has 0 bridgehead atoms. The molecule has 1 fully saturated rings. The minimum atomic E-state index is -0.242. The van der Waals surface area contributed by atoms with E-state index in [1.807, 2.05) is 11.0 Å². The number of nitrogens with zero attached hydrogens (tertiary/aromatic N) is 2. The topological polar surface area (TPSA) is 44.8 Å². The van der Waals surface area contributed by atoms with E-state index in [0.717, 1.165) is 0 Å². The zero-order valence-electron chi connectivity index (χ0n) is 13.8. The van der Waals surface area contributed by atoms with Crippen LogP contribution in [0.2, 0.25) is 5.02 Å². The summed E-state index contributed by atoms with van der Waals surface area (Å²) in [4.78, 5) is 16.0. The van der Waals surface area contributed by atoms with Crippen molar-refractivity contribution in [3.8, 4) is 5.75 Å². The van der Waals surface area contributed by atoms with Crippen LogP contribution in [0.3, 0.4) is 0 Å². The largest absolute Gasteiger partial charge is 0.495 e. The highest BCUT2D eigenvalue weighted by molar-refractivity contribution is 6.32. The molecule has 1 aliphatic heterocycles. The first-order valence-electron chi connectivity index (χ1n) is 7.97. The van der Waals surface area contributed by atoms with E-state index < -0.39 is 0 Å². The lowest BCUT2D eigenvalue weighted by molar-refractivity contribution is 0.208. The zero-order chi connectivity index (χ0) is 17.8. The van der Waals surface area contributed by atoms with E-state index in [1.165, 1.54) is 13.2 Å². The molecule has 0 aliphatic carbocycles. The molecule has 1 saturated heterocycles. The van der Waals surface area contributed by atoms with E-state index in [4.69, 9.17) is 16.3 Å². The standard InChI is InChI=1S/C18H19ClFN3O2/c1-25-17-7-6-13(12-14(17)19)21-18(24)23-10-8-22(9-11-23)16-5-3-2-4-15(16)20/h2-7,12H,8-11H2,1H3,(H,21,24). The molecule has 3 rings (SSSR count). The number of hydrogen-bond acceptors (Lipinski definition) is 3. The number of carbonyl (C=O) groups excluding carboxylic acids is 1. The lowest BCUT2D eigenvalue weighted by Crippen LogP contribution is -2.50. The van der Waals surface area contributed by atoms with Gasteiger partial charge in [-0.15, -0.1) is 0 Å². The van der Waals surface area contributed by atoms with Crippen LogP contribution in [-0.2, 0) is 0 Å². The molecule has 0 radical (unpaired) electrons. The summed E-state index contributed by atoms with van der Waals surface area (Å²) < 4.78 is 19.0. The second kappa shape index (κ2) is 7.61. The van der Waals surface area contributed by atoms with Crippen LogP contribution in [0.4, 0.5) is 20.6 Å². The van der Waals surface area contributed by atoms with E-state index in [2.05, 4.69) is 5.32 Å². The summed E-state index contributed by atoms with van der Waals surface area (Å²) in [6.45, 7) is 2.20. The van der Waals surface area contributed by atoms with Crippen molar-refractivity contribution < 1.29 is 13.9 Å². The van der Waals surface area contributed by atoms with Gasteiger partial charge in [0.05, 0.1) is 17.8 Å². The van der Waals surface area contributed by atoms with Gasteiger partial charge in [-0.25, -0.2) is 9.18 Å². The summed E-state index contributed by atoms with van der Waals surface area (Å²) in [6.07, 6.45) is 0. The molecule has 1 heterocycles. The number of benzene rings is 2. The van der Waals surface area contributed by atoms with Gasteiger partial charge in [-0.1, -0.05) is 23.7 Å². The van der Waals surface area contributed by atoms with E-state index in [-0.39, 0.29) is 11.8 Å². The molecule has 2 amide bonds. The van der Waals surface area contributed by atoms with Crippen LogP contribution < -0.4 is 15.0 Å². The molecule has 0 unspecified atom stereocenters. The van der Waals surface area contributed by atoms with Crippen LogP contribution in [0.1, 0.15) is 0 Å². The number of amides is 2. The van der Waals surface area contributed by atoms with Gasteiger partial charge < -0.3 is 19.9 Å². The molecule has 0 saturated carbocycles. The number of urea groups is 1. The second-order valence-corrected chi connectivity index (χ2v) is 6.11. The fourth-order valence-corrected chi connectivity index (χ4v) is 3.06. The summed E-state index contributed by atoms with van der Waals surface area (Å²) in [5.41, 5.74) is 1.18. The predicted octanol–water partition coefficient (Wildman–Crippen LogP) is 3.84. The van der Waals surface area contributed by atoms with Crippen molar-refractivity contribution in [1.82, 2.24) is 4.90 Å². The van der Waals surface area contributed by atoms with Gasteiger partial charge in [0.1, 0.15) is 11.6 Å². The predicted molar refractivity (Wildman–Crippen MR) is 97.2 cm³/mol. The van der Waals surface area contributed by atoms with Gasteiger partial charge in [0.15, 0.2) is 0 Å². The average molecular weight is 364 g/mol. The Morgan fingerprint density at radius 1 is 1.16 bits per heavy atom. The molecule has 132 valence electrons. The van der Waals surface area contributed by atoms with Crippen LogP contribution in [0.25, 0.3) is 0 Å². The number of anilines is 2. The Balaban J connectivity index is 1.58. The van der Waals surface area contributed by atoms with Crippen LogP contribution in [-0.4, -0.2) is 44.2 Å². The number of methoxy groups -OCH3 is 1. The van der Waals surface area contributed by atoms with Gasteiger partial charge in [-0.05, 0) is 30.3 Å². The minimum Gasteiger partial charge on any atom is -0.495 e. The SMILES string of the molecule is COc1ccc(NC(=O)N2CCN(c3ccccc3F)CC2)cc1Cl. The molecular formula is C18H19ClFN3O2. The number of rotatable bonds is 3. The fraction of sp³-hybridized carbons (Fsp3) is 0.278. The maximum atomic E-state index is 13.9.